The Kier molecular flexibility index (Phi) is 7.28. The molecule has 1 saturated heterocycles. The fourth-order valence-corrected chi connectivity index (χ4v) is 3.44. The van der Waals surface area contributed by atoms with Crippen LogP contribution in [0.2, 0.25) is 0 Å². The number of nitrogens with zero attached hydrogens (tertiary/aromatic N) is 1. The number of benzene rings is 2. The Balaban J connectivity index is 1.38. The van der Waals surface area contributed by atoms with Crippen LogP contribution in [0.15, 0.2) is 48.5 Å². The molecule has 0 atom stereocenters. The number of hydrogen-bond donors (Lipinski definition) is 1. The Hall–Kier alpha value is -2.33. The second kappa shape index (κ2) is 10.1. The average Bonchev–Trinajstić information content (AvgIpc) is 3.20. The van der Waals surface area contributed by atoms with E-state index >= 15 is 0 Å². The predicted octanol–water partition coefficient (Wildman–Crippen LogP) is 4.04. The van der Waals surface area contributed by atoms with E-state index in [1.807, 2.05) is 24.3 Å². The molecule has 1 aliphatic heterocycles. The number of hydrogen-bond acceptors (Lipinski definition) is 3. The molecule has 0 aliphatic carbocycles. The average molecular weight is 367 g/mol. The fourth-order valence-electron chi connectivity index (χ4n) is 3.44. The number of ether oxygens (including phenoxy) is 1. The molecular formula is C23H30N2O2. The molecule has 27 heavy (non-hydrogen) atoms. The van der Waals surface area contributed by atoms with E-state index in [0.717, 1.165) is 25.1 Å². The van der Waals surface area contributed by atoms with Gasteiger partial charge in [-0.25, -0.2) is 0 Å². The Morgan fingerprint density at radius 2 is 1.67 bits per heavy atom. The quantitative estimate of drug-likeness (QED) is 0.681. The van der Waals surface area contributed by atoms with E-state index in [1.165, 1.54) is 37.1 Å². The topological polar surface area (TPSA) is 41.6 Å². The summed E-state index contributed by atoms with van der Waals surface area (Å²) < 4.78 is 5.70. The molecule has 0 saturated carbocycles. The number of amides is 1. The first-order valence-electron chi connectivity index (χ1n) is 10.1. The summed E-state index contributed by atoms with van der Waals surface area (Å²) in [5.74, 6) is 0.792. The molecule has 1 amide bonds. The fraction of sp³-hybridized carbons (Fsp3) is 0.435. The van der Waals surface area contributed by atoms with Crippen molar-refractivity contribution in [2.75, 3.05) is 26.2 Å². The van der Waals surface area contributed by atoms with E-state index in [-0.39, 0.29) is 5.91 Å². The minimum atomic E-state index is -0.0513. The first kappa shape index (κ1) is 19.4. The molecule has 2 aromatic carbocycles. The van der Waals surface area contributed by atoms with Crippen molar-refractivity contribution in [3.8, 4) is 5.75 Å². The standard InChI is InChI=1S/C23H30N2O2/c1-2-5-19-8-12-22(13-9-19)27-17-14-24-23(26)21-10-6-20(7-11-21)18-25-15-3-4-16-25/h6-13H,2-5,14-18H2,1H3,(H,24,26). The summed E-state index contributed by atoms with van der Waals surface area (Å²) in [6, 6.07) is 16.1. The number of aryl methyl sites for hydroxylation is 1. The van der Waals surface area contributed by atoms with Gasteiger partial charge >= 0.3 is 0 Å². The Labute approximate surface area is 162 Å². The van der Waals surface area contributed by atoms with E-state index in [1.54, 1.807) is 0 Å². The van der Waals surface area contributed by atoms with Crippen LogP contribution in [0.25, 0.3) is 0 Å². The molecule has 2 aromatic rings. The Morgan fingerprint density at radius 3 is 2.33 bits per heavy atom. The summed E-state index contributed by atoms with van der Waals surface area (Å²) in [7, 11) is 0. The van der Waals surface area contributed by atoms with Gasteiger partial charge < -0.3 is 10.1 Å². The van der Waals surface area contributed by atoms with Crippen molar-refractivity contribution in [1.29, 1.82) is 0 Å². The zero-order chi connectivity index (χ0) is 18.9. The molecule has 4 heteroatoms. The molecule has 0 aromatic heterocycles. The minimum Gasteiger partial charge on any atom is -0.492 e. The van der Waals surface area contributed by atoms with Crippen LogP contribution in [0.1, 0.15) is 47.7 Å². The summed E-state index contributed by atoms with van der Waals surface area (Å²) in [6.07, 6.45) is 4.83. The Bertz CT molecular complexity index is 704. The summed E-state index contributed by atoms with van der Waals surface area (Å²) in [5, 5.41) is 2.92. The SMILES string of the molecule is CCCc1ccc(OCCNC(=O)c2ccc(CN3CCCC3)cc2)cc1. The maximum Gasteiger partial charge on any atom is 0.251 e. The van der Waals surface area contributed by atoms with E-state index in [2.05, 4.69) is 41.4 Å². The molecule has 0 bridgehead atoms. The van der Waals surface area contributed by atoms with Crippen molar-refractivity contribution < 1.29 is 9.53 Å². The zero-order valence-electron chi connectivity index (χ0n) is 16.2. The molecule has 0 unspecified atom stereocenters. The number of likely N-dealkylation sites (tertiary alicyclic amines) is 1. The van der Waals surface area contributed by atoms with Crippen molar-refractivity contribution in [2.45, 2.75) is 39.2 Å². The van der Waals surface area contributed by atoms with Crippen molar-refractivity contribution in [2.24, 2.45) is 0 Å². The van der Waals surface area contributed by atoms with Crippen molar-refractivity contribution in [1.82, 2.24) is 10.2 Å². The molecule has 1 aliphatic rings. The number of carbonyl (C=O) groups excluding carboxylic acids is 1. The van der Waals surface area contributed by atoms with Gasteiger partial charge in [-0.05, 0) is 67.7 Å². The van der Waals surface area contributed by atoms with Crippen LogP contribution in [0.3, 0.4) is 0 Å². The highest BCUT2D eigenvalue weighted by atomic mass is 16.5. The summed E-state index contributed by atoms with van der Waals surface area (Å²) in [5.41, 5.74) is 3.29. The van der Waals surface area contributed by atoms with Gasteiger partial charge in [-0.2, -0.15) is 0 Å². The lowest BCUT2D eigenvalue weighted by atomic mass is 10.1. The van der Waals surface area contributed by atoms with Crippen LogP contribution in [0.5, 0.6) is 5.75 Å². The van der Waals surface area contributed by atoms with Crippen LogP contribution in [-0.2, 0) is 13.0 Å². The highest BCUT2D eigenvalue weighted by Crippen LogP contribution is 2.14. The first-order chi connectivity index (χ1) is 13.2. The lowest BCUT2D eigenvalue weighted by Crippen LogP contribution is -2.28. The van der Waals surface area contributed by atoms with Crippen LogP contribution < -0.4 is 10.1 Å². The molecule has 0 spiro atoms. The molecule has 3 rings (SSSR count). The van der Waals surface area contributed by atoms with Gasteiger partial charge in [0.25, 0.3) is 5.91 Å². The molecule has 0 radical (unpaired) electrons. The van der Waals surface area contributed by atoms with Gasteiger partial charge in [0.15, 0.2) is 0 Å². The number of rotatable bonds is 9. The molecule has 1 N–H and O–H groups in total. The number of carbonyl (C=O) groups is 1. The van der Waals surface area contributed by atoms with Crippen molar-refractivity contribution >= 4 is 5.91 Å². The summed E-state index contributed by atoms with van der Waals surface area (Å²) in [6.45, 7) is 6.48. The van der Waals surface area contributed by atoms with Gasteiger partial charge in [-0.1, -0.05) is 37.6 Å². The van der Waals surface area contributed by atoms with Gasteiger partial charge in [0.05, 0.1) is 6.54 Å². The third-order valence-electron chi connectivity index (χ3n) is 4.94. The van der Waals surface area contributed by atoms with Gasteiger partial charge in [-0.15, -0.1) is 0 Å². The van der Waals surface area contributed by atoms with E-state index in [9.17, 15) is 4.79 Å². The lowest BCUT2D eigenvalue weighted by Gasteiger charge is -2.14. The maximum absolute atomic E-state index is 12.3. The molecule has 144 valence electrons. The second-order valence-electron chi connectivity index (χ2n) is 7.18. The van der Waals surface area contributed by atoms with Crippen molar-refractivity contribution in [3.05, 3.63) is 65.2 Å². The Morgan fingerprint density at radius 1 is 1.00 bits per heavy atom. The zero-order valence-corrected chi connectivity index (χ0v) is 16.2. The number of nitrogens with one attached hydrogen (secondary N) is 1. The van der Waals surface area contributed by atoms with Crippen LogP contribution >= 0.6 is 0 Å². The van der Waals surface area contributed by atoms with Gasteiger partial charge in [0.2, 0.25) is 0 Å². The first-order valence-corrected chi connectivity index (χ1v) is 10.1. The molecule has 1 heterocycles. The van der Waals surface area contributed by atoms with Gasteiger partial charge in [0, 0.05) is 12.1 Å². The maximum atomic E-state index is 12.3. The van der Waals surface area contributed by atoms with Crippen LogP contribution in [0.4, 0.5) is 0 Å². The third kappa shape index (κ3) is 6.10. The van der Waals surface area contributed by atoms with E-state index < -0.39 is 0 Å². The van der Waals surface area contributed by atoms with Crippen LogP contribution in [0, 0.1) is 0 Å². The normalized spacial score (nSPS) is 14.3. The van der Waals surface area contributed by atoms with Crippen molar-refractivity contribution in [3.63, 3.8) is 0 Å². The van der Waals surface area contributed by atoms with E-state index in [0.29, 0.717) is 18.7 Å². The largest absolute Gasteiger partial charge is 0.492 e. The van der Waals surface area contributed by atoms with Gasteiger partial charge in [0.1, 0.15) is 12.4 Å². The molecular weight excluding hydrogens is 336 g/mol. The predicted molar refractivity (Wildman–Crippen MR) is 109 cm³/mol. The van der Waals surface area contributed by atoms with Gasteiger partial charge in [-0.3, -0.25) is 9.69 Å². The summed E-state index contributed by atoms with van der Waals surface area (Å²) in [4.78, 5) is 14.7. The minimum absolute atomic E-state index is 0.0513. The highest BCUT2D eigenvalue weighted by molar-refractivity contribution is 5.94. The second-order valence-corrected chi connectivity index (χ2v) is 7.18. The molecule has 1 fully saturated rings. The van der Waals surface area contributed by atoms with E-state index in [4.69, 9.17) is 4.74 Å². The lowest BCUT2D eigenvalue weighted by molar-refractivity contribution is 0.0947. The molecule has 4 nitrogen and oxygen atoms in total. The summed E-state index contributed by atoms with van der Waals surface area (Å²) >= 11 is 0. The highest BCUT2D eigenvalue weighted by Gasteiger charge is 2.12. The monoisotopic (exact) mass is 366 g/mol. The smallest absolute Gasteiger partial charge is 0.251 e. The van der Waals surface area contributed by atoms with Crippen LogP contribution in [-0.4, -0.2) is 37.0 Å². The third-order valence-corrected chi connectivity index (χ3v) is 4.94.